The van der Waals surface area contributed by atoms with Gasteiger partial charge in [-0.1, -0.05) is 6.92 Å². The highest BCUT2D eigenvalue weighted by atomic mass is 15.4. The molecule has 4 rings (SSSR count). The summed E-state index contributed by atoms with van der Waals surface area (Å²) in [5, 5.41) is 8.06. The van der Waals surface area contributed by atoms with Gasteiger partial charge in [-0.15, -0.1) is 5.10 Å². The highest BCUT2D eigenvalue weighted by Gasteiger charge is 2.47. The molecule has 0 radical (unpaired) electrons. The van der Waals surface area contributed by atoms with Gasteiger partial charge in [0.15, 0.2) is 5.82 Å². The van der Waals surface area contributed by atoms with E-state index in [4.69, 9.17) is 5.10 Å². The second-order valence-corrected chi connectivity index (χ2v) is 5.83. The lowest BCUT2D eigenvalue weighted by Gasteiger charge is -2.29. The standard InChI is InChI=1S/C14H17N5/c1-14(5-6-14)11-4-8-16-13-17-12(18-19(11)13)10-3-2-7-15-9-10/h2-3,7,9,11H,4-6,8H2,1H3,(H,16,17,18). The van der Waals surface area contributed by atoms with Crippen LogP contribution in [0.2, 0.25) is 0 Å². The third-order valence-corrected chi connectivity index (χ3v) is 4.39. The Morgan fingerprint density at radius 1 is 1.42 bits per heavy atom. The van der Waals surface area contributed by atoms with Gasteiger partial charge in [-0.05, 0) is 36.8 Å². The molecule has 1 saturated carbocycles. The van der Waals surface area contributed by atoms with E-state index in [1.54, 1.807) is 6.20 Å². The molecule has 19 heavy (non-hydrogen) atoms. The minimum absolute atomic E-state index is 0.427. The van der Waals surface area contributed by atoms with E-state index >= 15 is 0 Å². The van der Waals surface area contributed by atoms with Gasteiger partial charge in [0.2, 0.25) is 5.95 Å². The topological polar surface area (TPSA) is 55.6 Å². The number of aromatic nitrogens is 4. The van der Waals surface area contributed by atoms with Crippen molar-refractivity contribution in [1.82, 2.24) is 19.7 Å². The number of nitrogens with zero attached hydrogens (tertiary/aromatic N) is 4. The molecular formula is C14H17N5. The van der Waals surface area contributed by atoms with Gasteiger partial charge >= 0.3 is 0 Å². The minimum Gasteiger partial charge on any atom is -0.354 e. The largest absolute Gasteiger partial charge is 0.354 e. The van der Waals surface area contributed by atoms with E-state index in [-0.39, 0.29) is 0 Å². The molecule has 5 heteroatoms. The molecular weight excluding hydrogens is 238 g/mol. The van der Waals surface area contributed by atoms with Crippen molar-refractivity contribution in [2.75, 3.05) is 11.9 Å². The Balaban J connectivity index is 1.76. The molecule has 0 saturated heterocycles. The zero-order chi connectivity index (χ0) is 12.9. The Morgan fingerprint density at radius 2 is 2.32 bits per heavy atom. The summed E-state index contributed by atoms with van der Waals surface area (Å²) in [5.41, 5.74) is 1.41. The van der Waals surface area contributed by atoms with Crippen LogP contribution in [0, 0.1) is 5.41 Å². The van der Waals surface area contributed by atoms with E-state index in [0.29, 0.717) is 11.5 Å². The summed E-state index contributed by atoms with van der Waals surface area (Å²) >= 11 is 0. The minimum atomic E-state index is 0.427. The first-order chi connectivity index (χ1) is 9.26. The quantitative estimate of drug-likeness (QED) is 0.895. The van der Waals surface area contributed by atoms with Crippen LogP contribution >= 0.6 is 0 Å². The van der Waals surface area contributed by atoms with Gasteiger partial charge in [-0.2, -0.15) is 4.98 Å². The Hall–Kier alpha value is -1.91. The van der Waals surface area contributed by atoms with Gasteiger partial charge in [-0.3, -0.25) is 4.98 Å². The number of hydrogen-bond donors (Lipinski definition) is 1. The van der Waals surface area contributed by atoms with Crippen LogP contribution in [0.4, 0.5) is 5.95 Å². The maximum Gasteiger partial charge on any atom is 0.221 e. The summed E-state index contributed by atoms with van der Waals surface area (Å²) < 4.78 is 2.10. The van der Waals surface area contributed by atoms with Crippen LogP contribution < -0.4 is 5.32 Å². The summed E-state index contributed by atoms with van der Waals surface area (Å²) in [6.07, 6.45) is 7.33. The number of rotatable bonds is 2. The monoisotopic (exact) mass is 255 g/mol. The fourth-order valence-electron chi connectivity index (χ4n) is 2.90. The van der Waals surface area contributed by atoms with E-state index in [1.165, 1.54) is 12.8 Å². The van der Waals surface area contributed by atoms with Gasteiger partial charge in [0.1, 0.15) is 0 Å². The molecule has 1 atom stereocenters. The Kier molecular flexibility index (Phi) is 2.19. The van der Waals surface area contributed by atoms with Crippen molar-refractivity contribution in [3.8, 4) is 11.4 Å². The third kappa shape index (κ3) is 1.72. The second-order valence-electron chi connectivity index (χ2n) is 5.83. The summed E-state index contributed by atoms with van der Waals surface area (Å²) in [7, 11) is 0. The number of hydrogen-bond acceptors (Lipinski definition) is 4. The Bertz CT molecular complexity index is 600. The molecule has 0 spiro atoms. The van der Waals surface area contributed by atoms with E-state index in [9.17, 15) is 0 Å². The van der Waals surface area contributed by atoms with E-state index < -0.39 is 0 Å². The maximum atomic E-state index is 4.71. The predicted octanol–water partition coefficient (Wildman–Crippen LogP) is 2.50. The number of fused-ring (bicyclic) bond motifs is 1. The molecule has 1 aliphatic carbocycles. The van der Waals surface area contributed by atoms with Crippen LogP contribution in [0.1, 0.15) is 32.2 Å². The van der Waals surface area contributed by atoms with Crippen LogP contribution in [0.25, 0.3) is 11.4 Å². The van der Waals surface area contributed by atoms with Crippen molar-refractivity contribution in [2.24, 2.45) is 5.41 Å². The summed E-state index contributed by atoms with van der Waals surface area (Å²) in [6.45, 7) is 3.35. The zero-order valence-corrected chi connectivity index (χ0v) is 11.0. The molecule has 1 fully saturated rings. The van der Waals surface area contributed by atoms with Crippen molar-refractivity contribution in [2.45, 2.75) is 32.2 Å². The highest BCUT2D eigenvalue weighted by molar-refractivity contribution is 5.55. The molecule has 5 nitrogen and oxygen atoms in total. The first-order valence-electron chi connectivity index (χ1n) is 6.87. The lowest BCUT2D eigenvalue weighted by Crippen LogP contribution is -2.29. The van der Waals surface area contributed by atoms with Crippen molar-refractivity contribution in [1.29, 1.82) is 0 Å². The molecule has 0 aromatic carbocycles. The number of pyridine rings is 1. The molecule has 1 N–H and O–H groups in total. The number of anilines is 1. The summed E-state index contributed by atoms with van der Waals surface area (Å²) in [6, 6.07) is 4.41. The van der Waals surface area contributed by atoms with E-state index in [2.05, 4.69) is 26.9 Å². The van der Waals surface area contributed by atoms with Gasteiger partial charge < -0.3 is 5.32 Å². The van der Waals surface area contributed by atoms with Crippen molar-refractivity contribution in [3.63, 3.8) is 0 Å². The number of nitrogens with one attached hydrogen (secondary N) is 1. The molecule has 1 aliphatic heterocycles. The third-order valence-electron chi connectivity index (χ3n) is 4.39. The van der Waals surface area contributed by atoms with Gasteiger partial charge in [0, 0.05) is 24.5 Å². The Morgan fingerprint density at radius 3 is 3.05 bits per heavy atom. The molecule has 0 amide bonds. The van der Waals surface area contributed by atoms with Gasteiger partial charge in [-0.25, -0.2) is 4.68 Å². The van der Waals surface area contributed by atoms with Crippen LogP contribution in [-0.2, 0) is 0 Å². The average molecular weight is 255 g/mol. The molecule has 0 bridgehead atoms. The van der Waals surface area contributed by atoms with E-state index in [0.717, 1.165) is 30.3 Å². The average Bonchev–Trinajstić information content (AvgIpc) is 3.05. The fourth-order valence-corrected chi connectivity index (χ4v) is 2.90. The van der Waals surface area contributed by atoms with Gasteiger partial charge in [0.05, 0.1) is 6.04 Å². The predicted molar refractivity (Wildman–Crippen MR) is 72.7 cm³/mol. The Labute approximate surface area is 112 Å². The van der Waals surface area contributed by atoms with Crippen LogP contribution in [0.5, 0.6) is 0 Å². The lowest BCUT2D eigenvalue weighted by atomic mass is 9.95. The molecule has 2 aromatic heterocycles. The molecule has 98 valence electrons. The van der Waals surface area contributed by atoms with E-state index in [1.807, 2.05) is 18.3 Å². The van der Waals surface area contributed by atoms with Gasteiger partial charge in [0.25, 0.3) is 0 Å². The highest BCUT2D eigenvalue weighted by Crippen LogP contribution is 2.56. The lowest BCUT2D eigenvalue weighted by molar-refractivity contribution is 0.284. The van der Waals surface area contributed by atoms with Crippen molar-refractivity contribution in [3.05, 3.63) is 24.5 Å². The maximum absolute atomic E-state index is 4.71. The molecule has 2 aliphatic rings. The van der Waals surface area contributed by atoms with Crippen molar-refractivity contribution >= 4 is 5.95 Å². The summed E-state index contributed by atoms with van der Waals surface area (Å²) in [5.74, 6) is 1.68. The molecule has 3 heterocycles. The summed E-state index contributed by atoms with van der Waals surface area (Å²) in [4.78, 5) is 8.75. The SMILES string of the molecule is CC1(C2CCNc3nc(-c4cccnc4)nn32)CC1. The normalized spacial score (nSPS) is 23.5. The van der Waals surface area contributed by atoms with Crippen LogP contribution in [0.3, 0.4) is 0 Å². The zero-order valence-electron chi connectivity index (χ0n) is 11.0. The first kappa shape index (κ1) is 11.0. The van der Waals surface area contributed by atoms with Crippen LogP contribution in [-0.4, -0.2) is 26.3 Å². The smallest absolute Gasteiger partial charge is 0.221 e. The second kappa shape index (κ2) is 3.79. The fraction of sp³-hybridized carbons (Fsp3) is 0.500. The first-order valence-corrected chi connectivity index (χ1v) is 6.87. The molecule has 2 aromatic rings. The van der Waals surface area contributed by atoms with Crippen molar-refractivity contribution < 1.29 is 0 Å². The van der Waals surface area contributed by atoms with Crippen LogP contribution in [0.15, 0.2) is 24.5 Å². The molecule has 1 unspecified atom stereocenters.